The Labute approximate surface area is 163 Å². The molecule has 1 amide bonds. The van der Waals surface area contributed by atoms with Crippen LogP contribution in [0.15, 0.2) is 53.6 Å². The van der Waals surface area contributed by atoms with Gasteiger partial charge in [-0.1, -0.05) is 41.9 Å². The zero-order valence-electron chi connectivity index (χ0n) is 14.9. The van der Waals surface area contributed by atoms with Crippen LogP contribution >= 0.6 is 11.6 Å². The van der Waals surface area contributed by atoms with Crippen LogP contribution in [0, 0.1) is 5.82 Å². The average Bonchev–Trinajstić information content (AvgIpc) is 2.67. The third-order valence-corrected chi connectivity index (χ3v) is 4.70. The molecule has 0 unspecified atom stereocenters. The van der Waals surface area contributed by atoms with Gasteiger partial charge in [0.25, 0.3) is 5.91 Å². The molecule has 1 N–H and O–H groups in total. The number of amides is 1. The fraction of sp³-hybridized carbons (Fsp3) is 0.300. The maximum Gasteiger partial charge on any atom is 0.254 e. The second-order valence-corrected chi connectivity index (χ2v) is 6.93. The lowest BCUT2D eigenvalue weighted by atomic mass is 10.2. The number of carbonyl (C=O) groups excluding carboxylic acids is 1. The largest absolute Gasteiger partial charge is 0.297 e. The summed E-state index contributed by atoms with van der Waals surface area (Å²) < 4.78 is 13.5. The van der Waals surface area contributed by atoms with E-state index < -0.39 is 0 Å². The van der Waals surface area contributed by atoms with Crippen molar-refractivity contribution >= 4 is 23.7 Å². The van der Waals surface area contributed by atoms with Gasteiger partial charge >= 0.3 is 0 Å². The highest BCUT2D eigenvalue weighted by molar-refractivity contribution is 6.30. The third-order valence-electron chi connectivity index (χ3n) is 4.45. The first kappa shape index (κ1) is 19.5. The Morgan fingerprint density at radius 1 is 1.07 bits per heavy atom. The highest BCUT2D eigenvalue weighted by Gasteiger charge is 2.18. The highest BCUT2D eigenvalue weighted by Crippen LogP contribution is 2.12. The van der Waals surface area contributed by atoms with Crippen molar-refractivity contribution in [2.24, 2.45) is 5.10 Å². The molecular weight excluding hydrogens is 367 g/mol. The molecule has 0 saturated carbocycles. The van der Waals surface area contributed by atoms with E-state index in [4.69, 9.17) is 11.6 Å². The third kappa shape index (κ3) is 6.13. The SMILES string of the molecule is O=C(CN1CCN(Cc2ccc(Cl)cc2)CC1)N/N=C/c1ccccc1F. The summed E-state index contributed by atoms with van der Waals surface area (Å²) in [5.74, 6) is -0.568. The van der Waals surface area contributed by atoms with Crippen molar-refractivity contribution in [3.05, 3.63) is 70.5 Å². The monoisotopic (exact) mass is 388 g/mol. The summed E-state index contributed by atoms with van der Waals surface area (Å²) in [7, 11) is 0. The molecule has 2 aromatic carbocycles. The number of hydrazone groups is 1. The Morgan fingerprint density at radius 3 is 2.44 bits per heavy atom. The van der Waals surface area contributed by atoms with Crippen molar-refractivity contribution in [3.63, 3.8) is 0 Å². The predicted octanol–water partition coefficient (Wildman–Crippen LogP) is 2.75. The molecule has 1 saturated heterocycles. The molecular formula is C20H22ClFN4O. The fourth-order valence-corrected chi connectivity index (χ4v) is 3.07. The van der Waals surface area contributed by atoms with E-state index in [-0.39, 0.29) is 18.3 Å². The van der Waals surface area contributed by atoms with Crippen LogP contribution in [-0.4, -0.2) is 54.6 Å². The minimum Gasteiger partial charge on any atom is -0.297 e. The molecule has 1 fully saturated rings. The van der Waals surface area contributed by atoms with E-state index in [9.17, 15) is 9.18 Å². The molecule has 0 spiro atoms. The molecule has 5 nitrogen and oxygen atoms in total. The smallest absolute Gasteiger partial charge is 0.254 e. The van der Waals surface area contributed by atoms with Gasteiger partial charge in [-0.05, 0) is 23.8 Å². The van der Waals surface area contributed by atoms with Gasteiger partial charge in [-0.2, -0.15) is 5.10 Å². The highest BCUT2D eigenvalue weighted by atomic mass is 35.5. The van der Waals surface area contributed by atoms with Crippen molar-refractivity contribution in [2.75, 3.05) is 32.7 Å². The first-order chi connectivity index (χ1) is 13.1. The molecule has 3 rings (SSSR count). The van der Waals surface area contributed by atoms with Crippen LogP contribution in [0.4, 0.5) is 4.39 Å². The molecule has 1 aliphatic heterocycles. The van der Waals surface area contributed by atoms with E-state index in [0.29, 0.717) is 5.56 Å². The molecule has 27 heavy (non-hydrogen) atoms. The van der Waals surface area contributed by atoms with Gasteiger partial charge in [0.2, 0.25) is 0 Å². The summed E-state index contributed by atoms with van der Waals surface area (Å²) in [4.78, 5) is 16.4. The zero-order valence-corrected chi connectivity index (χ0v) is 15.7. The Morgan fingerprint density at radius 2 is 1.74 bits per heavy atom. The van der Waals surface area contributed by atoms with Crippen molar-refractivity contribution in [1.82, 2.24) is 15.2 Å². The predicted molar refractivity (Wildman–Crippen MR) is 105 cm³/mol. The lowest BCUT2D eigenvalue weighted by molar-refractivity contribution is -0.122. The average molecular weight is 389 g/mol. The summed E-state index contributed by atoms with van der Waals surface area (Å²) in [5, 5.41) is 4.58. The topological polar surface area (TPSA) is 47.9 Å². The minimum atomic E-state index is -0.368. The minimum absolute atomic E-state index is 0.200. The van der Waals surface area contributed by atoms with Gasteiger partial charge in [-0.15, -0.1) is 0 Å². The number of halogens is 2. The van der Waals surface area contributed by atoms with Crippen molar-refractivity contribution < 1.29 is 9.18 Å². The molecule has 1 heterocycles. The lowest BCUT2D eigenvalue weighted by Gasteiger charge is -2.34. The van der Waals surface area contributed by atoms with E-state index in [1.807, 2.05) is 24.3 Å². The van der Waals surface area contributed by atoms with Crippen LogP contribution in [0.2, 0.25) is 5.02 Å². The Bertz CT molecular complexity index is 789. The molecule has 142 valence electrons. The van der Waals surface area contributed by atoms with Crippen LogP contribution in [0.3, 0.4) is 0 Å². The number of benzene rings is 2. The first-order valence-electron chi connectivity index (χ1n) is 8.86. The molecule has 0 radical (unpaired) electrons. The number of hydrogen-bond donors (Lipinski definition) is 1. The Kier molecular flexibility index (Phi) is 6.92. The number of rotatable bonds is 6. The maximum atomic E-state index is 13.5. The van der Waals surface area contributed by atoms with E-state index in [1.165, 1.54) is 17.8 Å². The summed E-state index contributed by atoms with van der Waals surface area (Å²) in [6, 6.07) is 14.2. The molecule has 2 aromatic rings. The van der Waals surface area contributed by atoms with Crippen molar-refractivity contribution in [1.29, 1.82) is 0 Å². The van der Waals surface area contributed by atoms with E-state index in [0.717, 1.165) is 37.7 Å². The number of nitrogens with one attached hydrogen (secondary N) is 1. The quantitative estimate of drug-likeness (QED) is 0.611. The van der Waals surface area contributed by atoms with Crippen molar-refractivity contribution in [3.8, 4) is 0 Å². The number of hydrogen-bond acceptors (Lipinski definition) is 4. The van der Waals surface area contributed by atoms with Crippen LogP contribution in [0.5, 0.6) is 0 Å². The summed E-state index contributed by atoms with van der Waals surface area (Å²) in [6.45, 7) is 4.59. The molecule has 7 heteroatoms. The number of nitrogens with zero attached hydrogens (tertiary/aromatic N) is 3. The molecule has 0 atom stereocenters. The van der Waals surface area contributed by atoms with Gasteiger partial charge in [0.1, 0.15) is 5.82 Å². The molecule has 0 aliphatic carbocycles. The van der Waals surface area contributed by atoms with Gasteiger partial charge in [-0.25, -0.2) is 9.82 Å². The maximum absolute atomic E-state index is 13.5. The van der Waals surface area contributed by atoms with Gasteiger partial charge < -0.3 is 0 Å². The molecule has 0 aromatic heterocycles. The zero-order chi connectivity index (χ0) is 19.1. The van der Waals surface area contributed by atoms with Crippen LogP contribution in [-0.2, 0) is 11.3 Å². The Balaban J connectivity index is 1.39. The first-order valence-corrected chi connectivity index (χ1v) is 9.23. The van der Waals surface area contributed by atoms with Crippen molar-refractivity contribution in [2.45, 2.75) is 6.54 Å². The van der Waals surface area contributed by atoms with Gasteiger partial charge in [-0.3, -0.25) is 14.6 Å². The molecule has 0 bridgehead atoms. The van der Waals surface area contributed by atoms with Crippen LogP contribution < -0.4 is 5.43 Å². The van der Waals surface area contributed by atoms with E-state index >= 15 is 0 Å². The lowest BCUT2D eigenvalue weighted by Crippen LogP contribution is -2.48. The summed E-state index contributed by atoms with van der Waals surface area (Å²) in [6.07, 6.45) is 1.32. The second kappa shape index (κ2) is 9.60. The second-order valence-electron chi connectivity index (χ2n) is 6.49. The van der Waals surface area contributed by atoms with Crippen LogP contribution in [0.25, 0.3) is 0 Å². The van der Waals surface area contributed by atoms with Crippen LogP contribution in [0.1, 0.15) is 11.1 Å². The van der Waals surface area contributed by atoms with Gasteiger partial charge in [0.05, 0.1) is 12.8 Å². The van der Waals surface area contributed by atoms with E-state index in [1.54, 1.807) is 18.2 Å². The van der Waals surface area contributed by atoms with E-state index in [2.05, 4.69) is 20.3 Å². The molecule has 1 aliphatic rings. The summed E-state index contributed by atoms with van der Waals surface area (Å²) >= 11 is 5.91. The number of carbonyl (C=O) groups is 1. The normalized spacial score (nSPS) is 15.9. The summed E-state index contributed by atoms with van der Waals surface area (Å²) in [5.41, 5.74) is 4.03. The van der Waals surface area contributed by atoms with Gasteiger partial charge in [0.15, 0.2) is 0 Å². The van der Waals surface area contributed by atoms with Gasteiger partial charge in [0, 0.05) is 43.3 Å². The fourth-order valence-electron chi connectivity index (χ4n) is 2.95. The standard InChI is InChI=1S/C20H22ClFN4O/c21-18-7-5-16(6-8-18)14-25-9-11-26(12-10-25)15-20(27)24-23-13-17-3-1-2-4-19(17)22/h1-8,13H,9-12,14-15H2,(H,24,27)/b23-13+. The number of piperazine rings is 1. The Hall–Kier alpha value is -2.28.